The average Bonchev–Trinajstić information content (AvgIpc) is 2.38. The SMILES string of the molecule is NC(=O)CC[C@H](NC(=O)Nc1c(F)cccc1F)C(=O)O. The number of carbonyl (C=O) groups excluding carboxylic acids is 2. The van der Waals surface area contributed by atoms with E-state index in [1.807, 2.05) is 10.6 Å². The van der Waals surface area contributed by atoms with Gasteiger partial charge in [0.15, 0.2) is 0 Å². The van der Waals surface area contributed by atoms with Crippen molar-refractivity contribution in [3.05, 3.63) is 29.8 Å². The number of carbonyl (C=O) groups is 3. The number of anilines is 1. The lowest BCUT2D eigenvalue weighted by atomic mass is 10.1. The van der Waals surface area contributed by atoms with E-state index in [1.54, 1.807) is 0 Å². The van der Waals surface area contributed by atoms with Gasteiger partial charge in [0.05, 0.1) is 0 Å². The van der Waals surface area contributed by atoms with Crippen molar-refractivity contribution < 1.29 is 28.3 Å². The van der Waals surface area contributed by atoms with Gasteiger partial charge in [0.25, 0.3) is 0 Å². The first kappa shape index (κ1) is 16.3. The lowest BCUT2D eigenvalue weighted by Gasteiger charge is -2.15. The van der Waals surface area contributed by atoms with Crippen LogP contribution in [0, 0.1) is 11.6 Å². The van der Waals surface area contributed by atoms with Gasteiger partial charge in [0.2, 0.25) is 5.91 Å². The number of nitrogens with two attached hydrogens (primary N) is 1. The number of para-hydroxylation sites is 1. The summed E-state index contributed by atoms with van der Waals surface area (Å²) in [4.78, 5) is 33.0. The Morgan fingerprint density at radius 2 is 1.81 bits per heavy atom. The summed E-state index contributed by atoms with van der Waals surface area (Å²) in [5, 5.41) is 12.7. The lowest BCUT2D eigenvalue weighted by Crippen LogP contribution is -2.43. The van der Waals surface area contributed by atoms with E-state index in [1.165, 1.54) is 0 Å². The summed E-state index contributed by atoms with van der Waals surface area (Å²) in [5.74, 6) is -4.15. The molecule has 0 aliphatic rings. The molecule has 3 amide bonds. The highest BCUT2D eigenvalue weighted by atomic mass is 19.1. The van der Waals surface area contributed by atoms with E-state index in [-0.39, 0.29) is 12.8 Å². The first-order chi connectivity index (χ1) is 9.81. The summed E-state index contributed by atoms with van der Waals surface area (Å²) in [6, 6.07) is 0.449. The fraction of sp³-hybridized carbons (Fsp3) is 0.250. The van der Waals surface area contributed by atoms with Crippen molar-refractivity contribution in [2.45, 2.75) is 18.9 Å². The van der Waals surface area contributed by atoms with Crippen molar-refractivity contribution in [2.75, 3.05) is 5.32 Å². The van der Waals surface area contributed by atoms with E-state index >= 15 is 0 Å². The maximum Gasteiger partial charge on any atom is 0.326 e. The number of carboxylic acids is 1. The number of hydrogen-bond donors (Lipinski definition) is 4. The molecule has 5 N–H and O–H groups in total. The zero-order chi connectivity index (χ0) is 16.0. The third-order valence-corrected chi connectivity index (χ3v) is 2.48. The number of rotatable bonds is 6. The van der Waals surface area contributed by atoms with Gasteiger partial charge in [-0.25, -0.2) is 18.4 Å². The van der Waals surface area contributed by atoms with Gasteiger partial charge in [-0.15, -0.1) is 0 Å². The van der Waals surface area contributed by atoms with Crippen LogP contribution in [0.1, 0.15) is 12.8 Å². The number of benzene rings is 1. The van der Waals surface area contributed by atoms with Gasteiger partial charge in [-0.2, -0.15) is 0 Å². The van der Waals surface area contributed by atoms with Crippen molar-refractivity contribution in [2.24, 2.45) is 5.73 Å². The molecule has 0 saturated carbocycles. The van der Waals surface area contributed by atoms with E-state index in [0.29, 0.717) is 0 Å². The van der Waals surface area contributed by atoms with Crippen molar-refractivity contribution >= 4 is 23.6 Å². The molecule has 1 aromatic carbocycles. The van der Waals surface area contributed by atoms with Crippen LogP contribution < -0.4 is 16.4 Å². The van der Waals surface area contributed by atoms with Gasteiger partial charge >= 0.3 is 12.0 Å². The molecular weight excluding hydrogens is 288 g/mol. The Bertz CT molecular complexity index is 545. The first-order valence-corrected chi connectivity index (χ1v) is 5.84. The van der Waals surface area contributed by atoms with Crippen LogP contribution >= 0.6 is 0 Å². The van der Waals surface area contributed by atoms with Crippen LogP contribution in [-0.2, 0) is 9.59 Å². The molecule has 0 aromatic heterocycles. The van der Waals surface area contributed by atoms with Crippen LogP contribution in [0.4, 0.5) is 19.3 Å². The molecule has 0 fully saturated rings. The van der Waals surface area contributed by atoms with Gasteiger partial charge in [-0.1, -0.05) is 6.07 Å². The Morgan fingerprint density at radius 3 is 2.29 bits per heavy atom. The molecule has 0 spiro atoms. The molecule has 7 nitrogen and oxygen atoms in total. The molecular formula is C12H13F2N3O4. The zero-order valence-electron chi connectivity index (χ0n) is 10.7. The molecule has 0 aliphatic carbocycles. The van der Waals surface area contributed by atoms with Gasteiger partial charge in [0.1, 0.15) is 23.4 Å². The van der Waals surface area contributed by atoms with Crippen LogP contribution in [0.15, 0.2) is 18.2 Å². The molecule has 1 rings (SSSR count). The molecule has 0 aliphatic heterocycles. The normalized spacial score (nSPS) is 11.5. The number of carboxylic acid groups (broad SMARTS) is 1. The van der Waals surface area contributed by atoms with Crippen LogP contribution in [0.25, 0.3) is 0 Å². The smallest absolute Gasteiger partial charge is 0.326 e. The minimum absolute atomic E-state index is 0.238. The zero-order valence-corrected chi connectivity index (χ0v) is 10.7. The fourth-order valence-corrected chi connectivity index (χ4v) is 1.47. The predicted octanol–water partition coefficient (Wildman–Crippen LogP) is 0.805. The minimum Gasteiger partial charge on any atom is -0.480 e. The maximum atomic E-state index is 13.3. The molecule has 114 valence electrons. The first-order valence-electron chi connectivity index (χ1n) is 5.84. The van der Waals surface area contributed by atoms with E-state index in [2.05, 4.69) is 0 Å². The largest absolute Gasteiger partial charge is 0.480 e. The topological polar surface area (TPSA) is 122 Å². The Labute approximate surface area is 118 Å². The minimum atomic E-state index is -1.41. The molecule has 0 bridgehead atoms. The Kier molecular flexibility index (Phi) is 5.58. The third-order valence-electron chi connectivity index (χ3n) is 2.48. The molecule has 9 heteroatoms. The Hall–Kier alpha value is -2.71. The number of primary amides is 1. The fourth-order valence-electron chi connectivity index (χ4n) is 1.47. The molecule has 1 atom stereocenters. The average molecular weight is 301 g/mol. The van der Waals surface area contributed by atoms with Gasteiger partial charge in [-0.3, -0.25) is 4.79 Å². The second kappa shape index (κ2) is 7.17. The molecule has 0 unspecified atom stereocenters. The lowest BCUT2D eigenvalue weighted by molar-refractivity contribution is -0.139. The number of hydrogen-bond acceptors (Lipinski definition) is 3. The van der Waals surface area contributed by atoms with Crippen LogP contribution in [0.5, 0.6) is 0 Å². The molecule has 21 heavy (non-hydrogen) atoms. The van der Waals surface area contributed by atoms with E-state index < -0.39 is 41.3 Å². The van der Waals surface area contributed by atoms with Gasteiger partial charge in [-0.05, 0) is 18.6 Å². The predicted molar refractivity (Wildman–Crippen MR) is 68.4 cm³/mol. The van der Waals surface area contributed by atoms with E-state index in [0.717, 1.165) is 18.2 Å². The monoisotopic (exact) mass is 301 g/mol. The number of nitrogens with one attached hydrogen (secondary N) is 2. The second-order valence-electron chi connectivity index (χ2n) is 4.09. The van der Waals surface area contributed by atoms with Crippen LogP contribution in [0.2, 0.25) is 0 Å². The number of amides is 3. The van der Waals surface area contributed by atoms with Gasteiger partial charge in [0, 0.05) is 6.42 Å². The standard InChI is InChI=1S/C12H13F2N3O4/c13-6-2-1-3-7(14)10(6)17-12(21)16-8(11(19)20)4-5-9(15)18/h1-3,8H,4-5H2,(H2,15,18)(H,19,20)(H2,16,17,21)/t8-/m0/s1. The van der Waals surface area contributed by atoms with Crippen LogP contribution in [0.3, 0.4) is 0 Å². The summed E-state index contributed by atoms with van der Waals surface area (Å²) in [7, 11) is 0. The number of aliphatic carboxylic acids is 1. The van der Waals surface area contributed by atoms with Crippen molar-refractivity contribution in [1.82, 2.24) is 5.32 Å². The molecule has 0 saturated heterocycles. The second-order valence-corrected chi connectivity index (χ2v) is 4.09. The molecule has 0 radical (unpaired) electrons. The highest BCUT2D eigenvalue weighted by Gasteiger charge is 2.21. The highest BCUT2D eigenvalue weighted by Crippen LogP contribution is 2.17. The van der Waals surface area contributed by atoms with Crippen molar-refractivity contribution in [3.63, 3.8) is 0 Å². The van der Waals surface area contributed by atoms with Crippen molar-refractivity contribution in [1.29, 1.82) is 0 Å². The highest BCUT2D eigenvalue weighted by molar-refractivity contribution is 5.92. The van der Waals surface area contributed by atoms with Crippen molar-refractivity contribution in [3.8, 4) is 0 Å². The van der Waals surface area contributed by atoms with E-state index in [9.17, 15) is 23.2 Å². The summed E-state index contributed by atoms with van der Waals surface area (Å²) in [5.41, 5.74) is 4.18. The van der Waals surface area contributed by atoms with Gasteiger partial charge < -0.3 is 21.5 Å². The quantitative estimate of drug-likeness (QED) is 0.621. The van der Waals surface area contributed by atoms with E-state index in [4.69, 9.17) is 10.8 Å². The number of urea groups is 1. The number of halogens is 2. The summed E-state index contributed by atoms with van der Waals surface area (Å²) < 4.78 is 26.6. The summed E-state index contributed by atoms with van der Waals surface area (Å²) in [6.45, 7) is 0. The maximum absolute atomic E-state index is 13.3. The summed E-state index contributed by atoms with van der Waals surface area (Å²) in [6.07, 6.45) is -0.497. The Morgan fingerprint density at radius 1 is 1.24 bits per heavy atom. The third kappa shape index (κ3) is 5.05. The molecule has 1 aromatic rings. The molecule has 0 heterocycles. The Balaban J connectivity index is 2.70. The summed E-state index contributed by atoms with van der Waals surface area (Å²) >= 11 is 0. The van der Waals surface area contributed by atoms with Crippen LogP contribution in [-0.4, -0.2) is 29.1 Å².